The van der Waals surface area contributed by atoms with Crippen LogP contribution in [0.25, 0.3) is 0 Å². The Morgan fingerprint density at radius 2 is 2.00 bits per heavy atom. The summed E-state index contributed by atoms with van der Waals surface area (Å²) < 4.78 is 1.14. The molecule has 0 saturated carbocycles. The second-order valence-electron chi connectivity index (χ2n) is 5.28. The Labute approximate surface area is 118 Å². The maximum atomic E-state index is 3.65. The van der Waals surface area contributed by atoms with E-state index in [-0.39, 0.29) is 0 Å². The van der Waals surface area contributed by atoms with Crippen molar-refractivity contribution in [1.29, 1.82) is 0 Å². The lowest BCUT2D eigenvalue weighted by Crippen LogP contribution is -2.54. The van der Waals surface area contributed by atoms with Crippen molar-refractivity contribution in [3.63, 3.8) is 0 Å². The van der Waals surface area contributed by atoms with Crippen molar-refractivity contribution in [2.24, 2.45) is 0 Å². The molecule has 1 N–H and O–H groups in total. The molecular formula is C14H22BrN3. The van der Waals surface area contributed by atoms with Gasteiger partial charge in [0.15, 0.2) is 0 Å². The lowest BCUT2D eigenvalue weighted by atomic mass is 9.96. The minimum Gasteiger partial charge on any atom is -0.310 e. The normalized spacial score (nSPS) is 23.3. The van der Waals surface area contributed by atoms with Crippen LogP contribution in [-0.4, -0.2) is 56.6 Å². The third-order valence-electron chi connectivity index (χ3n) is 3.56. The molecule has 1 aromatic carbocycles. The number of nitrogens with one attached hydrogen (secondary N) is 1. The highest BCUT2D eigenvalue weighted by molar-refractivity contribution is 9.10. The van der Waals surface area contributed by atoms with Crippen LogP contribution in [0.15, 0.2) is 28.7 Å². The van der Waals surface area contributed by atoms with Crippen LogP contribution in [0, 0.1) is 0 Å². The summed E-state index contributed by atoms with van der Waals surface area (Å²) in [6.45, 7) is 3.30. The summed E-state index contributed by atoms with van der Waals surface area (Å²) in [6, 6.07) is 9.58. The predicted molar refractivity (Wildman–Crippen MR) is 79.9 cm³/mol. The van der Waals surface area contributed by atoms with Gasteiger partial charge >= 0.3 is 0 Å². The molecule has 3 nitrogen and oxygen atoms in total. The zero-order chi connectivity index (χ0) is 13.1. The summed E-state index contributed by atoms with van der Waals surface area (Å²) in [7, 11) is 6.51. The van der Waals surface area contributed by atoms with E-state index in [4.69, 9.17) is 0 Å². The molecule has 0 bridgehead atoms. The fraction of sp³-hybridized carbons (Fsp3) is 0.571. The highest BCUT2D eigenvalue weighted by atomic mass is 79.9. The quantitative estimate of drug-likeness (QED) is 0.920. The van der Waals surface area contributed by atoms with Crippen LogP contribution in [-0.2, 0) is 0 Å². The molecule has 0 aromatic heterocycles. The Kier molecular flexibility index (Phi) is 4.78. The van der Waals surface area contributed by atoms with Crippen LogP contribution < -0.4 is 5.32 Å². The fourth-order valence-corrected chi connectivity index (χ4v) is 2.96. The molecule has 2 unspecified atom stereocenters. The van der Waals surface area contributed by atoms with E-state index < -0.39 is 0 Å². The van der Waals surface area contributed by atoms with Crippen LogP contribution in [0.4, 0.5) is 0 Å². The van der Waals surface area contributed by atoms with Crippen molar-refractivity contribution in [3.05, 3.63) is 34.3 Å². The molecule has 2 rings (SSSR count). The first-order valence-corrected chi connectivity index (χ1v) is 7.21. The molecule has 1 heterocycles. The largest absolute Gasteiger partial charge is 0.310 e. The molecule has 1 aliphatic heterocycles. The van der Waals surface area contributed by atoms with Crippen LogP contribution in [0.5, 0.6) is 0 Å². The first kappa shape index (κ1) is 14.0. The van der Waals surface area contributed by atoms with Gasteiger partial charge < -0.3 is 15.1 Å². The van der Waals surface area contributed by atoms with Gasteiger partial charge in [0.05, 0.1) is 6.04 Å². The van der Waals surface area contributed by atoms with Gasteiger partial charge in [0, 0.05) is 30.1 Å². The van der Waals surface area contributed by atoms with E-state index in [1.165, 1.54) is 5.56 Å². The molecule has 1 fully saturated rings. The summed E-state index contributed by atoms with van der Waals surface area (Å²) in [6.07, 6.45) is 0. The molecule has 4 heteroatoms. The molecule has 0 spiro atoms. The molecule has 1 aliphatic rings. The van der Waals surface area contributed by atoms with Crippen LogP contribution in [0.2, 0.25) is 0 Å². The van der Waals surface area contributed by atoms with Gasteiger partial charge in [0.2, 0.25) is 0 Å². The van der Waals surface area contributed by atoms with Gasteiger partial charge in [-0.05, 0) is 38.8 Å². The van der Waals surface area contributed by atoms with Gasteiger partial charge in [0.1, 0.15) is 0 Å². The minimum absolute atomic E-state index is 0.417. The molecule has 1 aromatic rings. The van der Waals surface area contributed by atoms with E-state index in [1.54, 1.807) is 0 Å². The van der Waals surface area contributed by atoms with Crippen molar-refractivity contribution in [2.45, 2.75) is 12.1 Å². The molecular weight excluding hydrogens is 290 g/mol. The van der Waals surface area contributed by atoms with Gasteiger partial charge in [-0.2, -0.15) is 0 Å². The number of hydrogen-bond acceptors (Lipinski definition) is 3. The second-order valence-corrected chi connectivity index (χ2v) is 6.20. The SMILES string of the molecule is CN1CCNC(C(c2ccc(Br)cc2)N(C)C)C1. The molecule has 100 valence electrons. The molecule has 0 aliphatic carbocycles. The van der Waals surface area contributed by atoms with E-state index >= 15 is 0 Å². The standard InChI is InChI=1S/C14H22BrN3/c1-17(2)14(11-4-6-12(15)7-5-11)13-10-18(3)9-8-16-13/h4-7,13-14,16H,8-10H2,1-3H3. The maximum absolute atomic E-state index is 3.65. The smallest absolute Gasteiger partial charge is 0.0508 e. The number of benzene rings is 1. The van der Waals surface area contributed by atoms with Crippen molar-refractivity contribution in [3.8, 4) is 0 Å². The molecule has 0 amide bonds. The zero-order valence-corrected chi connectivity index (χ0v) is 12.9. The maximum Gasteiger partial charge on any atom is 0.0508 e. The Hall–Kier alpha value is -0.420. The van der Waals surface area contributed by atoms with Gasteiger partial charge in [-0.3, -0.25) is 0 Å². The average Bonchev–Trinajstić information content (AvgIpc) is 2.32. The molecule has 2 atom stereocenters. The van der Waals surface area contributed by atoms with E-state index in [9.17, 15) is 0 Å². The van der Waals surface area contributed by atoms with E-state index in [0.717, 1.165) is 24.1 Å². The Balaban J connectivity index is 2.19. The van der Waals surface area contributed by atoms with Gasteiger partial charge in [-0.25, -0.2) is 0 Å². The summed E-state index contributed by atoms with van der Waals surface area (Å²) in [5.41, 5.74) is 1.37. The number of halogens is 1. The second kappa shape index (κ2) is 6.15. The Morgan fingerprint density at radius 3 is 2.56 bits per heavy atom. The number of likely N-dealkylation sites (N-methyl/N-ethyl adjacent to an activating group) is 2. The third-order valence-corrected chi connectivity index (χ3v) is 4.09. The van der Waals surface area contributed by atoms with Gasteiger partial charge in [0.25, 0.3) is 0 Å². The highest BCUT2D eigenvalue weighted by Crippen LogP contribution is 2.25. The first-order chi connectivity index (χ1) is 8.58. The summed E-state index contributed by atoms with van der Waals surface area (Å²) in [5, 5.41) is 3.65. The Bertz CT molecular complexity index is 377. The first-order valence-electron chi connectivity index (χ1n) is 6.42. The van der Waals surface area contributed by atoms with E-state index in [0.29, 0.717) is 12.1 Å². The van der Waals surface area contributed by atoms with Crippen molar-refractivity contribution >= 4 is 15.9 Å². The summed E-state index contributed by atoms with van der Waals surface area (Å²) in [4.78, 5) is 4.70. The van der Waals surface area contributed by atoms with Crippen molar-refractivity contribution in [1.82, 2.24) is 15.1 Å². The topological polar surface area (TPSA) is 18.5 Å². The molecule has 0 radical (unpaired) electrons. The minimum atomic E-state index is 0.417. The highest BCUT2D eigenvalue weighted by Gasteiger charge is 2.28. The summed E-state index contributed by atoms with van der Waals surface area (Å²) >= 11 is 3.50. The van der Waals surface area contributed by atoms with E-state index in [1.807, 2.05) is 0 Å². The molecule has 1 saturated heterocycles. The van der Waals surface area contributed by atoms with Crippen LogP contribution >= 0.6 is 15.9 Å². The number of rotatable bonds is 3. The summed E-state index contributed by atoms with van der Waals surface area (Å²) in [5.74, 6) is 0. The predicted octanol–water partition coefficient (Wildman–Crippen LogP) is 1.96. The van der Waals surface area contributed by atoms with E-state index in [2.05, 4.69) is 76.5 Å². The van der Waals surface area contributed by atoms with Crippen LogP contribution in [0.3, 0.4) is 0 Å². The average molecular weight is 312 g/mol. The lowest BCUT2D eigenvalue weighted by Gasteiger charge is -2.39. The lowest BCUT2D eigenvalue weighted by molar-refractivity contribution is 0.154. The number of hydrogen-bond donors (Lipinski definition) is 1. The van der Waals surface area contributed by atoms with Crippen molar-refractivity contribution < 1.29 is 0 Å². The molecule has 18 heavy (non-hydrogen) atoms. The Morgan fingerprint density at radius 1 is 1.33 bits per heavy atom. The fourth-order valence-electron chi connectivity index (χ4n) is 2.69. The third kappa shape index (κ3) is 3.32. The van der Waals surface area contributed by atoms with Gasteiger partial charge in [-0.15, -0.1) is 0 Å². The van der Waals surface area contributed by atoms with Crippen LogP contribution in [0.1, 0.15) is 11.6 Å². The number of piperazine rings is 1. The van der Waals surface area contributed by atoms with Gasteiger partial charge in [-0.1, -0.05) is 28.1 Å². The number of nitrogens with zero attached hydrogens (tertiary/aromatic N) is 2. The zero-order valence-electron chi connectivity index (χ0n) is 11.4. The van der Waals surface area contributed by atoms with Crippen molar-refractivity contribution in [2.75, 3.05) is 40.8 Å². The monoisotopic (exact) mass is 311 g/mol.